The first-order chi connectivity index (χ1) is 16.3. The Balaban J connectivity index is 1.70. The molecule has 0 fully saturated rings. The molecule has 3 N–H and O–H groups in total. The number of pyridine rings is 1. The average molecular weight is 460 g/mol. The Hall–Kier alpha value is -4.43. The molecule has 0 spiro atoms. The zero-order chi connectivity index (χ0) is 24.3. The fourth-order valence-electron chi connectivity index (χ4n) is 3.18. The minimum atomic E-state index is -1.65. The van der Waals surface area contributed by atoms with E-state index < -0.39 is 17.7 Å². The van der Waals surface area contributed by atoms with Crippen LogP contribution in [-0.2, 0) is 0 Å². The second-order valence-corrected chi connectivity index (χ2v) is 8.11. The molecule has 0 aliphatic rings. The summed E-state index contributed by atoms with van der Waals surface area (Å²) in [6.07, 6.45) is 5.63. The van der Waals surface area contributed by atoms with Gasteiger partial charge in [-0.05, 0) is 38.1 Å². The molecule has 0 aliphatic carbocycles. The normalized spacial score (nSPS) is 12.2. The lowest BCUT2D eigenvalue weighted by molar-refractivity contribution is -0.00177. The highest BCUT2D eigenvalue weighted by Gasteiger charge is 2.27. The van der Waals surface area contributed by atoms with Crippen molar-refractivity contribution in [2.45, 2.75) is 25.6 Å². The Morgan fingerprint density at radius 2 is 2.00 bits per heavy atom. The summed E-state index contributed by atoms with van der Waals surface area (Å²) in [6.45, 7) is 2.29. The summed E-state index contributed by atoms with van der Waals surface area (Å²) in [4.78, 5) is 25.2. The Labute approximate surface area is 194 Å². The molecular formula is C23H21FN8O2. The van der Waals surface area contributed by atoms with E-state index >= 15 is 0 Å². The van der Waals surface area contributed by atoms with E-state index in [1.54, 1.807) is 22.7 Å². The van der Waals surface area contributed by atoms with Crippen LogP contribution in [0.1, 0.15) is 29.8 Å². The lowest BCUT2D eigenvalue weighted by Gasteiger charge is -2.22. The maximum absolute atomic E-state index is 14.1. The fraction of sp³-hybridized carbons (Fsp3) is 0.217. The minimum Gasteiger partial charge on any atom is -0.387 e. The number of hydrogen-bond acceptors (Lipinski definition) is 8. The molecule has 172 valence electrons. The van der Waals surface area contributed by atoms with Crippen LogP contribution in [0.25, 0.3) is 16.9 Å². The van der Waals surface area contributed by atoms with Crippen molar-refractivity contribution in [1.29, 1.82) is 5.26 Å². The highest BCUT2D eigenvalue weighted by molar-refractivity contribution is 6.00. The number of nitrogens with one attached hydrogen (secondary N) is 2. The quantitative estimate of drug-likeness (QED) is 0.382. The van der Waals surface area contributed by atoms with Gasteiger partial charge in [0.1, 0.15) is 18.6 Å². The Bertz CT molecular complexity index is 1380. The molecule has 0 saturated heterocycles. The molecular weight excluding hydrogens is 439 g/mol. The maximum atomic E-state index is 14.1. The number of hydrogen-bond donors (Lipinski definition) is 3. The van der Waals surface area contributed by atoms with Crippen LogP contribution >= 0.6 is 0 Å². The molecule has 34 heavy (non-hydrogen) atoms. The largest absolute Gasteiger partial charge is 0.387 e. The SMILES string of the molecule is CC(C)(O)C(F)CNC(=O)c1cnc(-c2ccc3cc(C#N)cnn23)cc1Nc1cncnc1. The summed E-state index contributed by atoms with van der Waals surface area (Å²) in [5.41, 5.74) is 1.79. The predicted molar refractivity (Wildman–Crippen MR) is 122 cm³/mol. The van der Waals surface area contributed by atoms with Crippen LogP contribution < -0.4 is 10.6 Å². The van der Waals surface area contributed by atoms with E-state index in [1.807, 2.05) is 6.07 Å². The third-order valence-electron chi connectivity index (χ3n) is 5.09. The molecule has 10 nitrogen and oxygen atoms in total. The predicted octanol–water partition coefficient (Wildman–Crippen LogP) is 2.64. The molecule has 11 heteroatoms. The number of halogens is 1. The van der Waals surface area contributed by atoms with Crippen molar-refractivity contribution in [2.75, 3.05) is 11.9 Å². The molecule has 0 aromatic carbocycles. The van der Waals surface area contributed by atoms with Gasteiger partial charge in [0.25, 0.3) is 5.91 Å². The topological polar surface area (TPSA) is 141 Å². The zero-order valence-corrected chi connectivity index (χ0v) is 18.4. The van der Waals surface area contributed by atoms with Gasteiger partial charge in [-0.3, -0.25) is 9.78 Å². The molecule has 1 unspecified atom stereocenters. The van der Waals surface area contributed by atoms with Gasteiger partial charge < -0.3 is 15.7 Å². The van der Waals surface area contributed by atoms with E-state index in [-0.39, 0.29) is 12.1 Å². The summed E-state index contributed by atoms with van der Waals surface area (Å²) in [5, 5.41) is 28.8. The molecule has 0 aliphatic heterocycles. The van der Waals surface area contributed by atoms with Gasteiger partial charge in [-0.2, -0.15) is 10.4 Å². The second kappa shape index (κ2) is 9.21. The van der Waals surface area contributed by atoms with E-state index in [9.17, 15) is 14.3 Å². The molecule has 1 atom stereocenters. The molecule has 4 aromatic heterocycles. The van der Waals surface area contributed by atoms with Crippen molar-refractivity contribution >= 4 is 22.8 Å². The number of anilines is 2. The Morgan fingerprint density at radius 3 is 2.71 bits per heavy atom. The smallest absolute Gasteiger partial charge is 0.255 e. The fourth-order valence-corrected chi connectivity index (χ4v) is 3.18. The van der Waals surface area contributed by atoms with E-state index in [0.717, 1.165) is 0 Å². The lowest BCUT2D eigenvalue weighted by Crippen LogP contribution is -2.42. The highest BCUT2D eigenvalue weighted by atomic mass is 19.1. The van der Waals surface area contributed by atoms with Crippen LogP contribution in [0.2, 0.25) is 0 Å². The molecule has 4 aromatic rings. The number of amides is 1. The van der Waals surface area contributed by atoms with Gasteiger partial charge in [0, 0.05) is 6.20 Å². The maximum Gasteiger partial charge on any atom is 0.255 e. The van der Waals surface area contributed by atoms with Crippen molar-refractivity contribution in [3.63, 3.8) is 0 Å². The monoisotopic (exact) mass is 460 g/mol. The molecule has 4 rings (SSSR count). The summed E-state index contributed by atoms with van der Waals surface area (Å²) < 4.78 is 15.8. The van der Waals surface area contributed by atoms with Gasteiger partial charge in [-0.25, -0.2) is 18.9 Å². The number of carbonyl (C=O) groups is 1. The molecule has 0 radical (unpaired) electrons. The van der Waals surface area contributed by atoms with Crippen LogP contribution in [0.5, 0.6) is 0 Å². The minimum absolute atomic E-state index is 0.163. The Kier molecular flexibility index (Phi) is 6.16. The number of fused-ring (bicyclic) bond motifs is 1. The zero-order valence-electron chi connectivity index (χ0n) is 18.4. The third-order valence-corrected chi connectivity index (χ3v) is 5.09. The van der Waals surface area contributed by atoms with E-state index in [0.29, 0.717) is 33.8 Å². The number of carbonyl (C=O) groups excluding carboxylic acids is 1. The first kappa shape index (κ1) is 22.8. The van der Waals surface area contributed by atoms with E-state index in [4.69, 9.17) is 5.26 Å². The van der Waals surface area contributed by atoms with Gasteiger partial charge in [0.2, 0.25) is 0 Å². The number of alkyl halides is 1. The first-order valence-electron chi connectivity index (χ1n) is 10.3. The van der Waals surface area contributed by atoms with Crippen molar-refractivity contribution in [3.05, 3.63) is 66.5 Å². The van der Waals surface area contributed by atoms with Gasteiger partial charge in [0.05, 0.1) is 70.1 Å². The van der Waals surface area contributed by atoms with Crippen LogP contribution in [0.4, 0.5) is 15.8 Å². The molecule has 1 amide bonds. The number of rotatable bonds is 7. The van der Waals surface area contributed by atoms with E-state index in [1.165, 1.54) is 45.0 Å². The van der Waals surface area contributed by atoms with E-state index in [2.05, 4.69) is 36.8 Å². The van der Waals surface area contributed by atoms with Crippen LogP contribution in [0.15, 0.2) is 55.4 Å². The van der Waals surface area contributed by atoms with Crippen LogP contribution in [-0.4, -0.2) is 53.9 Å². The second-order valence-electron chi connectivity index (χ2n) is 8.11. The number of aromatic nitrogens is 5. The Morgan fingerprint density at radius 1 is 1.24 bits per heavy atom. The van der Waals surface area contributed by atoms with Crippen LogP contribution in [0.3, 0.4) is 0 Å². The molecule has 0 bridgehead atoms. The molecule has 4 heterocycles. The van der Waals surface area contributed by atoms with Gasteiger partial charge in [-0.1, -0.05) is 0 Å². The van der Waals surface area contributed by atoms with Crippen molar-refractivity contribution < 1.29 is 14.3 Å². The van der Waals surface area contributed by atoms with Crippen molar-refractivity contribution in [2.24, 2.45) is 0 Å². The number of nitriles is 1. The standard InChI is InChI=1S/C23H21FN8O2/c1-23(2,34)21(24)12-29-22(33)17-11-28-19(6-18(17)31-15-9-26-13-27-10-15)20-4-3-16-5-14(7-25)8-30-32(16)20/h3-6,8-11,13,21,34H,12H2,1-2H3,(H,28,31)(H,29,33). The summed E-state index contributed by atoms with van der Waals surface area (Å²) in [6, 6.07) is 9.03. The first-order valence-corrected chi connectivity index (χ1v) is 10.3. The van der Waals surface area contributed by atoms with Crippen molar-refractivity contribution in [1.82, 2.24) is 29.9 Å². The lowest BCUT2D eigenvalue weighted by atomic mass is 10.0. The summed E-state index contributed by atoms with van der Waals surface area (Å²) in [5.74, 6) is -0.567. The van der Waals surface area contributed by atoms with Crippen LogP contribution in [0, 0.1) is 11.3 Å². The van der Waals surface area contributed by atoms with Crippen molar-refractivity contribution in [3.8, 4) is 17.5 Å². The summed E-state index contributed by atoms with van der Waals surface area (Å²) >= 11 is 0. The van der Waals surface area contributed by atoms with Gasteiger partial charge in [0.15, 0.2) is 0 Å². The van der Waals surface area contributed by atoms with Gasteiger partial charge in [-0.15, -0.1) is 0 Å². The average Bonchev–Trinajstić information content (AvgIpc) is 3.25. The molecule has 0 saturated carbocycles. The number of aliphatic hydroxyl groups is 1. The highest BCUT2D eigenvalue weighted by Crippen LogP contribution is 2.27. The number of nitrogens with zero attached hydrogens (tertiary/aromatic N) is 6. The summed E-state index contributed by atoms with van der Waals surface area (Å²) in [7, 11) is 0. The third kappa shape index (κ3) is 4.82. The van der Waals surface area contributed by atoms with Gasteiger partial charge >= 0.3 is 0 Å².